The van der Waals surface area contributed by atoms with Crippen LogP contribution in [0.4, 0.5) is 10.1 Å². The van der Waals surface area contributed by atoms with E-state index < -0.39 is 0 Å². The molecule has 1 aliphatic rings. The van der Waals surface area contributed by atoms with Crippen LogP contribution >= 0.6 is 0 Å². The maximum Gasteiger partial charge on any atom is 0.123 e. The van der Waals surface area contributed by atoms with Gasteiger partial charge in [-0.15, -0.1) is 0 Å². The molecule has 106 valence electrons. The van der Waals surface area contributed by atoms with Crippen LogP contribution in [0.2, 0.25) is 0 Å². The molecule has 0 radical (unpaired) electrons. The average molecular weight is 264 g/mol. The Hall–Kier alpha value is -1.09. The van der Waals surface area contributed by atoms with Crippen LogP contribution in [0.15, 0.2) is 18.2 Å². The van der Waals surface area contributed by atoms with Crippen molar-refractivity contribution in [2.75, 3.05) is 24.5 Å². The Kier molecular flexibility index (Phi) is 4.14. The molecule has 0 bridgehead atoms. The Morgan fingerprint density at radius 1 is 1.37 bits per heavy atom. The van der Waals surface area contributed by atoms with Crippen molar-refractivity contribution in [2.24, 2.45) is 17.1 Å². The molecule has 19 heavy (non-hydrogen) atoms. The van der Waals surface area contributed by atoms with Crippen molar-refractivity contribution in [3.63, 3.8) is 0 Å². The van der Waals surface area contributed by atoms with Crippen molar-refractivity contribution >= 4 is 5.69 Å². The van der Waals surface area contributed by atoms with Gasteiger partial charge in [-0.3, -0.25) is 0 Å². The first-order valence-electron chi connectivity index (χ1n) is 7.15. The highest BCUT2D eigenvalue weighted by molar-refractivity contribution is 5.55. The zero-order valence-corrected chi connectivity index (χ0v) is 12.2. The normalized spacial score (nSPS) is 20.1. The molecule has 1 aromatic carbocycles. The lowest BCUT2D eigenvalue weighted by molar-refractivity contribution is 0.263. The molecule has 2 N–H and O–H groups in total. The summed E-state index contributed by atoms with van der Waals surface area (Å²) < 4.78 is 13.4. The monoisotopic (exact) mass is 264 g/mol. The third-order valence-corrected chi connectivity index (χ3v) is 4.21. The zero-order chi connectivity index (χ0) is 14.0. The van der Waals surface area contributed by atoms with E-state index in [9.17, 15) is 4.39 Å². The molecule has 1 unspecified atom stereocenters. The number of nitrogens with zero attached hydrogens (tertiary/aromatic N) is 1. The first kappa shape index (κ1) is 14.3. The van der Waals surface area contributed by atoms with Crippen molar-refractivity contribution < 1.29 is 4.39 Å². The lowest BCUT2D eigenvalue weighted by Crippen LogP contribution is -2.26. The molecule has 1 aliphatic heterocycles. The second-order valence-corrected chi connectivity index (χ2v) is 6.61. The van der Waals surface area contributed by atoms with Gasteiger partial charge in [0, 0.05) is 18.8 Å². The summed E-state index contributed by atoms with van der Waals surface area (Å²) in [7, 11) is 0. The molecule has 1 atom stereocenters. The summed E-state index contributed by atoms with van der Waals surface area (Å²) in [6, 6.07) is 5.09. The minimum Gasteiger partial charge on any atom is -0.371 e. The molecular formula is C16H25FN2. The molecule has 0 aromatic heterocycles. The molecule has 2 nitrogen and oxygen atoms in total. The number of rotatable bonds is 3. The van der Waals surface area contributed by atoms with Crippen molar-refractivity contribution in [2.45, 2.75) is 33.6 Å². The van der Waals surface area contributed by atoms with Crippen molar-refractivity contribution in [1.82, 2.24) is 0 Å². The summed E-state index contributed by atoms with van der Waals surface area (Å²) in [5.74, 6) is 0.530. The molecule has 0 spiro atoms. The Bertz CT molecular complexity index is 437. The van der Waals surface area contributed by atoms with Crippen LogP contribution in [-0.4, -0.2) is 19.6 Å². The predicted octanol–water partition coefficient (Wildman–Crippen LogP) is 3.20. The van der Waals surface area contributed by atoms with E-state index >= 15 is 0 Å². The number of halogens is 1. The summed E-state index contributed by atoms with van der Waals surface area (Å²) in [6.07, 6.45) is 1.95. The Morgan fingerprint density at radius 3 is 2.68 bits per heavy atom. The molecule has 1 heterocycles. The molecule has 1 fully saturated rings. The summed E-state index contributed by atoms with van der Waals surface area (Å²) in [4.78, 5) is 2.39. The van der Waals surface area contributed by atoms with Gasteiger partial charge in [-0.25, -0.2) is 4.39 Å². The third-order valence-electron chi connectivity index (χ3n) is 4.21. The summed E-state index contributed by atoms with van der Waals surface area (Å²) in [6.45, 7) is 9.58. The minimum absolute atomic E-state index is 0.168. The number of benzene rings is 1. The predicted molar refractivity (Wildman–Crippen MR) is 78.9 cm³/mol. The summed E-state index contributed by atoms with van der Waals surface area (Å²) in [5, 5.41) is 0. The second-order valence-electron chi connectivity index (χ2n) is 6.61. The highest BCUT2D eigenvalue weighted by Gasteiger charge is 2.32. The fourth-order valence-electron chi connectivity index (χ4n) is 2.90. The van der Waals surface area contributed by atoms with Crippen molar-refractivity contribution in [3.05, 3.63) is 29.6 Å². The Balaban J connectivity index is 2.19. The summed E-state index contributed by atoms with van der Waals surface area (Å²) in [5.41, 5.74) is 8.17. The highest BCUT2D eigenvalue weighted by Crippen LogP contribution is 2.36. The maximum absolute atomic E-state index is 13.4. The fourth-order valence-corrected chi connectivity index (χ4v) is 2.90. The van der Waals surface area contributed by atoms with E-state index in [2.05, 4.69) is 25.7 Å². The topological polar surface area (TPSA) is 29.3 Å². The number of anilines is 1. The van der Waals surface area contributed by atoms with Crippen LogP contribution in [0.1, 0.15) is 32.8 Å². The third kappa shape index (κ3) is 3.27. The lowest BCUT2D eigenvalue weighted by Gasteiger charge is -2.28. The van der Waals surface area contributed by atoms with Gasteiger partial charge in [0.05, 0.1) is 0 Å². The Labute approximate surface area is 115 Å². The summed E-state index contributed by atoms with van der Waals surface area (Å²) >= 11 is 0. The largest absolute Gasteiger partial charge is 0.371 e. The van der Waals surface area contributed by atoms with Gasteiger partial charge in [0.2, 0.25) is 0 Å². The van der Waals surface area contributed by atoms with E-state index in [0.29, 0.717) is 17.9 Å². The fraction of sp³-hybridized carbons (Fsp3) is 0.625. The van der Waals surface area contributed by atoms with Gasteiger partial charge < -0.3 is 10.6 Å². The van der Waals surface area contributed by atoms with E-state index in [1.54, 1.807) is 12.1 Å². The standard InChI is InChI=1S/C16H25FN2/c1-16(2,3)13-7-9-19(11-13)15-5-4-14(17)10-12(15)6-8-18/h4-5,10,13H,6-9,11,18H2,1-3H3. The first-order valence-corrected chi connectivity index (χ1v) is 7.15. The minimum atomic E-state index is -0.168. The lowest BCUT2D eigenvalue weighted by atomic mass is 9.80. The van der Waals surface area contributed by atoms with Gasteiger partial charge in [0.15, 0.2) is 0 Å². The highest BCUT2D eigenvalue weighted by atomic mass is 19.1. The van der Waals surface area contributed by atoms with Gasteiger partial charge in [0.25, 0.3) is 0 Å². The van der Waals surface area contributed by atoms with Crippen molar-refractivity contribution in [1.29, 1.82) is 0 Å². The molecule has 0 saturated carbocycles. The van der Waals surface area contributed by atoms with E-state index in [1.807, 2.05) is 6.07 Å². The van der Waals surface area contributed by atoms with E-state index in [1.165, 1.54) is 12.1 Å². The van der Waals surface area contributed by atoms with Crippen LogP contribution in [-0.2, 0) is 6.42 Å². The molecule has 1 saturated heterocycles. The van der Waals surface area contributed by atoms with Gasteiger partial charge in [-0.1, -0.05) is 20.8 Å². The maximum atomic E-state index is 13.4. The molecule has 1 aromatic rings. The molecule has 2 rings (SSSR count). The first-order chi connectivity index (χ1) is 8.91. The van der Waals surface area contributed by atoms with Gasteiger partial charge in [-0.05, 0) is 54.5 Å². The van der Waals surface area contributed by atoms with Crippen molar-refractivity contribution in [3.8, 4) is 0 Å². The van der Waals surface area contributed by atoms with E-state index in [4.69, 9.17) is 5.73 Å². The second kappa shape index (κ2) is 5.49. The van der Waals surface area contributed by atoms with Crippen LogP contribution in [0.5, 0.6) is 0 Å². The SMILES string of the molecule is CC(C)(C)C1CCN(c2ccc(F)cc2CCN)C1. The van der Waals surface area contributed by atoms with Crippen LogP contribution in [0.3, 0.4) is 0 Å². The smallest absolute Gasteiger partial charge is 0.123 e. The van der Waals surface area contributed by atoms with Crippen LogP contribution < -0.4 is 10.6 Å². The van der Waals surface area contributed by atoms with E-state index in [0.717, 1.165) is 25.1 Å². The van der Waals surface area contributed by atoms with Crippen LogP contribution in [0, 0.1) is 17.2 Å². The quantitative estimate of drug-likeness (QED) is 0.908. The Morgan fingerprint density at radius 2 is 2.11 bits per heavy atom. The molecule has 0 aliphatic carbocycles. The van der Waals surface area contributed by atoms with Gasteiger partial charge in [0.1, 0.15) is 5.82 Å². The number of nitrogens with two attached hydrogens (primary N) is 1. The average Bonchev–Trinajstić information content (AvgIpc) is 2.78. The van der Waals surface area contributed by atoms with Crippen LogP contribution in [0.25, 0.3) is 0 Å². The number of hydrogen-bond acceptors (Lipinski definition) is 2. The van der Waals surface area contributed by atoms with Gasteiger partial charge in [-0.2, -0.15) is 0 Å². The molecule has 0 amide bonds. The molecular weight excluding hydrogens is 239 g/mol. The van der Waals surface area contributed by atoms with Gasteiger partial charge >= 0.3 is 0 Å². The zero-order valence-electron chi connectivity index (χ0n) is 12.2. The number of hydrogen-bond donors (Lipinski definition) is 1. The van der Waals surface area contributed by atoms with E-state index in [-0.39, 0.29) is 5.82 Å². The molecule has 3 heteroatoms.